The number of rotatable bonds is 5. The second kappa shape index (κ2) is 9.06. The summed E-state index contributed by atoms with van der Waals surface area (Å²) < 4.78 is 0. The number of nitrogens with two attached hydrogens (primary N) is 1. The maximum atomic E-state index is 12.2. The highest BCUT2D eigenvalue weighted by Gasteiger charge is 2.24. The molecule has 1 aliphatic rings. The van der Waals surface area contributed by atoms with Crippen LogP contribution in [0.5, 0.6) is 0 Å². The molecule has 118 valence electrons. The average molecular weight is 311 g/mol. The molecule has 0 aliphatic heterocycles. The Morgan fingerprint density at radius 1 is 1.33 bits per heavy atom. The molecular weight excluding hydrogens is 284 g/mol. The predicted octanol–water partition coefficient (Wildman–Crippen LogP) is 3.06. The molecule has 0 aromatic heterocycles. The van der Waals surface area contributed by atoms with Crippen molar-refractivity contribution in [3.63, 3.8) is 0 Å². The van der Waals surface area contributed by atoms with Gasteiger partial charge in [0.05, 0.1) is 6.04 Å². The van der Waals surface area contributed by atoms with Crippen LogP contribution in [-0.4, -0.2) is 18.0 Å². The molecule has 3 nitrogen and oxygen atoms in total. The Labute approximate surface area is 134 Å². The molecule has 0 spiro atoms. The SMILES string of the molecule is CCC1CCCC(NC(=O)C(N)Cc2ccccc2)C1.Cl. The summed E-state index contributed by atoms with van der Waals surface area (Å²) in [5.74, 6) is 0.759. The molecule has 0 radical (unpaired) electrons. The molecule has 3 atom stereocenters. The molecule has 1 aromatic rings. The topological polar surface area (TPSA) is 55.1 Å². The summed E-state index contributed by atoms with van der Waals surface area (Å²) >= 11 is 0. The van der Waals surface area contributed by atoms with Gasteiger partial charge in [0, 0.05) is 6.04 Å². The lowest BCUT2D eigenvalue weighted by molar-refractivity contribution is -0.123. The van der Waals surface area contributed by atoms with Crippen molar-refractivity contribution in [3.05, 3.63) is 35.9 Å². The number of amides is 1. The fourth-order valence-electron chi connectivity index (χ4n) is 3.06. The van der Waals surface area contributed by atoms with Gasteiger partial charge in [0.25, 0.3) is 0 Å². The van der Waals surface area contributed by atoms with Crippen molar-refractivity contribution in [2.45, 2.75) is 57.5 Å². The summed E-state index contributed by atoms with van der Waals surface area (Å²) in [5.41, 5.74) is 7.14. The summed E-state index contributed by atoms with van der Waals surface area (Å²) in [6.45, 7) is 2.23. The first-order chi connectivity index (χ1) is 9.69. The normalized spacial score (nSPS) is 23.0. The van der Waals surface area contributed by atoms with Crippen molar-refractivity contribution in [2.24, 2.45) is 11.7 Å². The molecule has 1 fully saturated rings. The average Bonchev–Trinajstić information content (AvgIpc) is 2.48. The van der Waals surface area contributed by atoms with E-state index < -0.39 is 6.04 Å². The fourth-order valence-corrected chi connectivity index (χ4v) is 3.06. The highest BCUT2D eigenvalue weighted by Crippen LogP contribution is 2.26. The summed E-state index contributed by atoms with van der Waals surface area (Å²) in [6.07, 6.45) is 6.55. The van der Waals surface area contributed by atoms with Gasteiger partial charge < -0.3 is 11.1 Å². The Hall–Kier alpha value is -1.06. The van der Waals surface area contributed by atoms with Crippen LogP contribution in [0.3, 0.4) is 0 Å². The van der Waals surface area contributed by atoms with E-state index in [0.29, 0.717) is 12.5 Å². The van der Waals surface area contributed by atoms with Gasteiger partial charge in [-0.15, -0.1) is 12.4 Å². The number of carbonyl (C=O) groups is 1. The third kappa shape index (κ3) is 5.68. The molecule has 1 saturated carbocycles. The van der Waals surface area contributed by atoms with Crippen molar-refractivity contribution < 1.29 is 4.79 Å². The molecule has 3 N–H and O–H groups in total. The minimum Gasteiger partial charge on any atom is -0.352 e. The highest BCUT2D eigenvalue weighted by atomic mass is 35.5. The van der Waals surface area contributed by atoms with Gasteiger partial charge in [-0.3, -0.25) is 4.79 Å². The Balaban J connectivity index is 0.00000220. The molecule has 4 heteroatoms. The van der Waals surface area contributed by atoms with Crippen LogP contribution in [0.15, 0.2) is 30.3 Å². The first-order valence-corrected chi connectivity index (χ1v) is 7.79. The molecule has 3 unspecified atom stereocenters. The molecular formula is C17H27ClN2O. The summed E-state index contributed by atoms with van der Waals surface area (Å²) in [7, 11) is 0. The van der Waals surface area contributed by atoms with Crippen molar-refractivity contribution in [1.82, 2.24) is 5.32 Å². The van der Waals surface area contributed by atoms with E-state index in [1.54, 1.807) is 0 Å². The van der Waals surface area contributed by atoms with Crippen molar-refractivity contribution in [3.8, 4) is 0 Å². The van der Waals surface area contributed by atoms with E-state index >= 15 is 0 Å². The zero-order chi connectivity index (χ0) is 14.4. The molecule has 1 aromatic carbocycles. The van der Waals surface area contributed by atoms with Crippen LogP contribution >= 0.6 is 12.4 Å². The Kier molecular flexibility index (Phi) is 7.76. The number of hydrogen-bond donors (Lipinski definition) is 2. The zero-order valence-corrected chi connectivity index (χ0v) is 13.6. The minimum atomic E-state index is -0.445. The van der Waals surface area contributed by atoms with Gasteiger partial charge in [0.1, 0.15) is 0 Å². The molecule has 21 heavy (non-hydrogen) atoms. The van der Waals surface area contributed by atoms with Crippen LogP contribution < -0.4 is 11.1 Å². The predicted molar refractivity (Wildman–Crippen MR) is 89.5 cm³/mol. The zero-order valence-electron chi connectivity index (χ0n) is 12.8. The monoisotopic (exact) mass is 310 g/mol. The number of nitrogens with one attached hydrogen (secondary N) is 1. The van der Waals surface area contributed by atoms with E-state index in [1.165, 1.54) is 19.3 Å². The van der Waals surface area contributed by atoms with E-state index in [4.69, 9.17) is 5.73 Å². The second-order valence-electron chi connectivity index (χ2n) is 5.94. The maximum absolute atomic E-state index is 12.2. The van der Waals surface area contributed by atoms with Gasteiger partial charge in [0.15, 0.2) is 0 Å². The number of halogens is 1. The van der Waals surface area contributed by atoms with Crippen molar-refractivity contribution in [2.75, 3.05) is 0 Å². The molecule has 0 saturated heterocycles. The Morgan fingerprint density at radius 3 is 2.71 bits per heavy atom. The van der Waals surface area contributed by atoms with Gasteiger partial charge in [-0.05, 0) is 30.7 Å². The second-order valence-corrected chi connectivity index (χ2v) is 5.94. The maximum Gasteiger partial charge on any atom is 0.237 e. The van der Waals surface area contributed by atoms with Crippen LogP contribution in [0.2, 0.25) is 0 Å². The molecule has 1 aliphatic carbocycles. The lowest BCUT2D eigenvalue weighted by atomic mass is 9.84. The smallest absolute Gasteiger partial charge is 0.237 e. The molecule has 0 bridgehead atoms. The Morgan fingerprint density at radius 2 is 2.05 bits per heavy atom. The number of carbonyl (C=O) groups excluding carboxylic acids is 1. The quantitative estimate of drug-likeness (QED) is 0.878. The van der Waals surface area contributed by atoms with Gasteiger partial charge in [0.2, 0.25) is 5.91 Å². The van der Waals surface area contributed by atoms with E-state index in [9.17, 15) is 4.79 Å². The lowest BCUT2D eigenvalue weighted by Crippen LogP contribution is -2.47. The highest BCUT2D eigenvalue weighted by molar-refractivity contribution is 5.85. The van der Waals surface area contributed by atoms with Crippen LogP contribution in [-0.2, 0) is 11.2 Å². The largest absolute Gasteiger partial charge is 0.352 e. The van der Waals surface area contributed by atoms with Gasteiger partial charge in [-0.25, -0.2) is 0 Å². The molecule has 2 rings (SSSR count). The Bertz CT molecular complexity index is 424. The first kappa shape index (κ1) is 18.0. The van der Waals surface area contributed by atoms with Crippen molar-refractivity contribution in [1.29, 1.82) is 0 Å². The van der Waals surface area contributed by atoms with E-state index in [2.05, 4.69) is 12.2 Å². The summed E-state index contributed by atoms with van der Waals surface area (Å²) in [5, 5.41) is 3.14. The van der Waals surface area contributed by atoms with E-state index in [0.717, 1.165) is 24.3 Å². The third-order valence-corrected chi connectivity index (χ3v) is 4.34. The number of hydrogen-bond acceptors (Lipinski definition) is 2. The van der Waals surface area contributed by atoms with Crippen LogP contribution in [0, 0.1) is 5.92 Å². The van der Waals surface area contributed by atoms with Gasteiger partial charge in [-0.1, -0.05) is 56.5 Å². The van der Waals surface area contributed by atoms with Crippen LogP contribution in [0.1, 0.15) is 44.6 Å². The van der Waals surface area contributed by atoms with Crippen molar-refractivity contribution >= 4 is 18.3 Å². The molecule has 1 amide bonds. The van der Waals surface area contributed by atoms with Gasteiger partial charge in [-0.2, -0.15) is 0 Å². The third-order valence-electron chi connectivity index (χ3n) is 4.34. The standard InChI is InChI=1S/C17H26N2O.ClH/c1-2-13-9-6-10-15(11-13)19-17(20)16(18)12-14-7-4-3-5-8-14;/h3-5,7-8,13,15-16H,2,6,9-12,18H2,1H3,(H,19,20);1H. The molecule has 0 heterocycles. The fraction of sp³-hybridized carbons (Fsp3) is 0.588. The number of benzene rings is 1. The van der Waals surface area contributed by atoms with E-state index in [1.807, 2.05) is 30.3 Å². The summed E-state index contributed by atoms with van der Waals surface area (Å²) in [4.78, 5) is 12.2. The van der Waals surface area contributed by atoms with Crippen LogP contribution in [0.25, 0.3) is 0 Å². The lowest BCUT2D eigenvalue weighted by Gasteiger charge is -2.29. The van der Waals surface area contributed by atoms with Gasteiger partial charge >= 0.3 is 0 Å². The van der Waals surface area contributed by atoms with Crippen LogP contribution in [0.4, 0.5) is 0 Å². The minimum absolute atomic E-state index is 0. The summed E-state index contributed by atoms with van der Waals surface area (Å²) in [6, 6.07) is 9.84. The van der Waals surface area contributed by atoms with E-state index in [-0.39, 0.29) is 18.3 Å². The first-order valence-electron chi connectivity index (χ1n) is 7.79.